The van der Waals surface area contributed by atoms with Gasteiger partial charge in [0.15, 0.2) is 0 Å². The number of aryl methyl sites for hydroxylation is 1. The van der Waals surface area contributed by atoms with Gasteiger partial charge in [-0.3, -0.25) is 0 Å². The highest BCUT2D eigenvalue weighted by Crippen LogP contribution is 2.21. The van der Waals surface area contributed by atoms with Gasteiger partial charge in [-0.2, -0.15) is 0 Å². The molecule has 19 heavy (non-hydrogen) atoms. The van der Waals surface area contributed by atoms with Crippen LogP contribution in [0.4, 0.5) is 0 Å². The minimum absolute atomic E-state index is 0.487. The highest BCUT2D eigenvalue weighted by molar-refractivity contribution is 9.10. The third-order valence-electron chi connectivity index (χ3n) is 3.44. The summed E-state index contributed by atoms with van der Waals surface area (Å²) >= 11 is 3.61. The Kier molecular flexibility index (Phi) is 5.17. The van der Waals surface area contributed by atoms with Gasteiger partial charge in [-0.1, -0.05) is 64.0 Å². The molecule has 2 heteroatoms. The highest BCUT2D eigenvalue weighted by atomic mass is 79.9. The normalized spacial score (nSPS) is 12.4. The Hall–Kier alpha value is -1.12. The van der Waals surface area contributed by atoms with E-state index in [1.165, 1.54) is 21.2 Å². The molecular weight excluding hydrogens is 298 g/mol. The fourth-order valence-corrected chi connectivity index (χ4v) is 2.72. The molecule has 1 nitrogen and oxygen atoms in total. The van der Waals surface area contributed by atoms with Crippen LogP contribution in [0.15, 0.2) is 53.0 Å². The molecule has 0 saturated heterocycles. The van der Waals surface area contributed by atoms with Crippen LogP contribution in [-0.4, -0.2) is 6.54 Å². The Morgan fingerprint density at radius 3 is 2.32 bits per heavy atom. The zero-order valence-electron chi connectivity index (χ0n) is 11.3. The monoisotopic (exact) mass is 317 g/mol. The SMILES string of the molecule is Cc1ccc(CC(CN)Cc2ccccc2Br)cc1. The van der Waals surface area contributed by atoms with Crippen LogP contribution in [0.1, 0.15) is 16.7 Å². The molecule has 0 radical (unpaired) electrons. The van der Waals surface area contributed by atoms with Gasteiger partial charge >= 0.3 is 0 Å². The number of hydrogen-bond donors (Lipinski definition) is 1. The van der Waals surface area contributed by atoms with E-state index in [0.29, 0.717) is 5.92 Å². The molecule has 0 heterocycles. The van der Waals surface area contributed by atoms with E-state index < -0.39 is 0 Å². The standard InChI is InChI=1S/C17H20BrN/c1-13-6-8-14(9-7-13)10-15(12-19)11-16-4-2-3-5-17(16)18/h2-9,15H,10-12,19H2,1H3. The quantitative estimate of drug-likeness (QED) is 0.882. The lowest BCUT2D eigenvalue weighted by molar-refractivity contribution is 0.532. The van der Waals surface area contributed by atoms with Gasteiger partial charge in [0.2, 0.25) is 0 Å². The van der Waals surface area contributed by atoms with Gasteiger partial charge in [-0.15, -0.1) is 0 Å². The average molecular weight is 318 g/mol. The molecule has 2 N–H and O–H groups in total. The molecule has 0 spiro atoms. The maximum absolute atomic E-state index is 5.93. The van der Waals surface area contributed by atoms with Gasteiger partial charge in [-0.05, 0) is 49.4 Å². The summed E-state index contributed by atoms with van der Waals surface area (Å²) in [7, 11) is 0. The van der Waals surface area contributed by atoms with Crippen molar-refractivity contribution in [1.29, 1.82) is 0 Å². The van der Waals surface area contributed by atoms with E-state index in [1.807, 2.05) is 6.07 Å². The maximum atomic E-state index is 5.93. The van der Waals surface area contributed by atoms with E-state index in [4.69, 9.17) is 5.73 Å². The maximum Gasteiger partial charge on any atom is 0.0207 e. The van der Waals surface area contributed by atoms with Gasteiger partial charge in [0.05, 0.1) is 0 Å². The minimum atomic E-state index is 0.487. The number of halogens is 1. The first-order valence-electron chi connectivity index (χ1n) is 6.68. The van der Waals surface area contributed by atoms with E-state index in [0.717, 1.165) is 19.4 Å². The van der Waals surface area contributed by atoms with E-state index in [1.54, 1.807) is 0 Å². The van der Waals surface area contributed by atoms with Crippen molar-refractivity contribution in [2.45, 2.75) is 19.8 Å². The van der Waals surface area contributed by atoms with E-state index >= 15 is 0 Å². The van der Waals surface area contributed by atoms with Crippen molar-refractivity contribution in [2.24, 2.45) is 11.7 Å². The van der Waals surface area contributed by atoms with Crippen molar-refractivity contribution < 1.29 is 0 Å². The average Bonchev–Trinajstić information content (AvgIpc) is 2.43. The molecule has 1 atom stereocenters. The van der Waals surface area contributed by atoms with Crippen molar-refractivity contribution in [1.82, 2.24) is 0 Å². The number of benzene rings is 2. The molecular formula is C17H20BrN. The summed E-state index contributed by atoms with van der Waals surface area (Å²) in [4.78, 5) is 0. The van der Waals surface area contributed by atoms with Crippen molar-refractivity contribution in [3.63, 3.8) is 0 Å². The van der Waals surface area contributed by atoms with Crippen LogP contribution < -0.4 is 5.73 Å². The molecule has 0 saturated carbocycles. The van der Waals surface area contributed by atoms with Crippen LogP contribution in [0, 0.1) is 12.8 Å². The first kappa shape index (κ1) is 14.3. The van der Waals surface area contributed by atoms with E-state index in [2.05, 4.69) is 65.3 Å². The van der Waals surface area contributed by atoms with Gasteiger partial charge in [0.25, 0.3) is 0 Å². The third kappa shape index (κ3) is 4.19. The molecule has 0 aliphatic carbocycles. The zero-order chi connectivity index (χ0) is 13.7. The Morgan fingerprint density at radius 1 is 1.00 bits per heavy atom. The van der Waals surface area contributed by atoms with Crippen LogP contribution in [0.3, 0.4) is 0 Å². The fourth-order valence-electron chi connectivity index (χ4n) is 2.27. The molecule has 2 aromatic rings. The summed E-state index contributed by atoms with van der Waals surface area (Å²) in [5.74, 6) is 0.487. The molecule has 0 fully saturated rings. The molecule has 0 bridgehead atoms. The van der Waals surface area contributed by atoms with Gasteiger partial charge < -0.3 is 5.73 Å². The molecule has 0 amide bonds. The van der Waals surface area contributed by atoms with E-state index in [9.17, 15) is 0 Å². The summed E-state index contributed by atoms with van der Waals surface area (Å²) in [6.45, 7) is 2.83. The second kappa shape index (κ2) is 6.88. The third-order valence-corrected chi connectivity index (χ3v) is 4.22. The largest absolute Gasteiger partial charge is 0.330 e. The van der Waals surface area contributed by atoms with Gasteiger partial charge in [-0.25, -0.2) is 0 Å². The van der Waals surface area contributed by atoms with Crippen molar-refractivity contribution in [3.8, 4) is 0 Å². The molecule has 0 aliphatic heterocycles. The summed E-state index contributed by atoms with van der Waals surface area (Å²) in [6.07, 6.45) is 2.06. The first-order chi connectivity index (χ1) is 9.19. The predicted molar refractivity (Wildman–Crippen MR) is 85.3 cm³/mol. The van der Waals surface area contributed by atoms with Crippen LogP contribution in [-0.2, 0) is 12.8 Å². The minimum Gasteiger partial charge on any atom is -0.330 e. The fraction of sp³-hybridized carbons (Fsp3) is 0.294. The Bertz CT molecular complexity index is 519. The Labute approximate surface area is 124 Å². The molecule has 1 unspecified atom stereocenters. The molecule has 0 aromatic heterocycles. The lowest BCUT2D eigenvalue weighted by Crippen LogP contribution is -2.19. The lowest BCUT2D eigenvalue weighted by Gasteiger charge is -2.16. The van der Waals surface area contributed by atoms with Crippen molar-refractivity contribution in [3.05, 3.63) is 69.7 Å². The number of nitrogens with two attached hydrogens (primary N) is 1. The summed E-state index contributed by atoms with van der Waals surface area (Å²) in [5.41, 5.74) is 9.94. The topological polar surface area (TPSA) is 26.0 Å². The molecule has 2 aromatic carbocycles. The second-order valence-corrected chi connectivity index (χ2v) is 5.94. The van der Waals surface area contributed by atoms with Gasteiger partial charge in [0.1, 0.15) is 0 Å². The Morgan fingerprint density at radius 2 is 1.68 bits per heavy atom. The van der Waals surface area contributed by atoms with Crippen LogP contribution >= 0.6 is 15.9 Å². The summed E-state index contributed by atoms with van der Waals surface area (Å²) < 4.78 is 1.18. The molecule has 100 valence electrons. The molecule has 0 aliphatic rings. The van der Waals surface area contributed by atoms with E-state index in [-0.39, 0.29) is 0 Å². The number of hydrogen-bond acceptors (Lipinski definition) is 1. The summed E-state index contributed by atoms with van der Waals surface area (Å²) in [5, 5.41) is 0. The number of rotatable bonds is 5. The van der Waals surface area contributed by atoms with Crippen molar-refractivity contribution >= 4 is 15.9 Å². The first-order valence-corrected chi connectivity index (χ1v) is 7.47. The van der Waals surface area contributed by atoms with Crippen molar-refractivity contribution in [2.75, 3.05) is 6.54 Å². The van der Waals surface area contributed by atoms with Crippen LogP contribution in [0.2, 0.25) is 0 Å². The zero-order valence-corrected chi connectivity index (χ0v) is 12.9. The van der Waals surface area contributed by atoms with Crippen LogP contribution in [0.25, 0.3) is 0 Å². The predicted octanol–water partition coefficient (Wildman–Crippen LogP) is 4.12. The highest BCUT2D eigenvalue weighted by Gasteiger charge is 2.10. The molecule has 2 rings (SSSR count). The second-order valence-electron chi connectivity index (χ2n) is 5.09. The lowest BCUT2D eigenvalue weighted by atomic mass is 9.92. The Balaban J connectivity index is 2.05. The smallest absolute Gasteiger partial charge is 0.0207 e. The van der Waals surface area contributed by atoms with Crippen LogP contribution in [0.5, 0.6) is 0 Å². The summed E-state index contributed by atoms with van der Waals surface area (Å²) in [6, 6.07) is 17.1. The van der Waals surface area contributed by atoms with Gasteiger partial charge in [0, 0.05) is 4.47 Å².